The van der Waals surface area contributed by atoms with Crippen LogP contribution in [0.1, 0.15) is 61.8 Å². The first kappa shape index (κ1) is 21.9. The quantitative estimate of drug-likeness (QED) is 0.447. The Morgan fingerprint density at radius 2 is 1.45 bits per heavy atom. The average Bonchev–Trinajstić information content (AvgIpc) is 2.32. The van der Waals surface area contributed by atoms with Gasteiger partial charge in [0.1, 0.15) is 0 Å². The summed E-state index contributed by atoms with van der Waals surface area (Å²) in [5, 5.41) is -0.630. The molecule has 134 valence electrons. The normalized spacial score (nSPS) is 18.6. The number of hydrogen-bond acceptors (Lipinski definition) is 3. The summed E-state index contributed by atoms with van der Waals surface area (Å²) >= 11 is 0. The summed E-state index contributed by atoms with van der Waals surface area (Å²) in [7, 11) is -8.93. The summed E-state index contributed by atoms with van der Waals surface area (Å²) in [6, 6.07) is 0. The Hall–Kier alpha value is -0.0831. The zero-order chi connectivity index (χ0) is 18.1. The van der Waals surface area contributed by atoms with Crippen molar-refractivity contribution in [1.82, 2.24) is 0 Å². The van der Waals surface area contributed by atoms with E-state index in [0.717, 1.165) is 0 Å². The van der Waals surface area contributed by atoms with E-state index in [2.05, 4.69) is 0 Å². The molecule has 0 aromatic rings. The minimum atomic E-state index is -5.61. The Morgan fingerprint density at radius 1 is 1.05 bits per heavy atom. The van der Waals surface area contributed by atoms with Crippen molar-refractivity contribution in [2.24, 2.45) is 5.92 Å². The third-order valence-corrected chi connectivity index (χ3v) is 13.9. The molecule has 2 unspecified atom stereocenters. The highest BCUT2D eigenvalue weighted by atomic mass is 32.2. The van der Waals surface area contributed by atoms with Gasteiger partial charge in [-0.15, -0.1) is 0 Å². The molecule has 22 heavy (non-hydrogen) atoms. The van der Waals surface area contributed by atoms with Crippen LogP contribution in [0.4, 0.5) is 13.2 Å². The zero-order valence-corrected chi connectivity index (χ0v) is 16.5. The fourth-order valence-corrected chi connectivity index (χ4v) is 12.7. The summed E-state index contributed by atoms with van der Waals surface area (Å²) in [5.74, 6) is -0.000926. The van der Waals surface area contributed by atoms with Gasteiger partial charge < -0.3 is 3.87 Å². The lowest BCUT2D eigenvalue weighted by molar-refractivity contribution is -0.0507. The zero-order valence-electron chi connectivity index (χ0n) is 14.7. The Kier molecular flexibility index (Phi) is 6.78. The molecule has 0 amide bonds. The molecule has 0 aromatic carbocycles. The SMILES string of the molecule is CCC(C)[Si](OS(=O)(=O)C(F)(F)F)(C(C)C)C(C)(C)C(C)C. The summed E-state index contributed by atoms with van der Waals surface area (Å²) in [6.07, 6.45) is 0.577. The lowest BCUT2D eigenvalue weighted by Crippen LogP contribution is -2.58. The molecule has 0 aliphatic carbocycles. The molecule has 0 N–H and O–H groups in total. The minimum absolute atomic E-state index is 0.000926. The van der Waals surface area contributed by atoms with Crippen molar-refractivity contribution in [1.29, 1.82) is 0 Å². The Balaban J connectivity index is 6.36. The van der Waals surface area contributed by atoms with E-state index in [1.54, 1.807) is 13.8 Å². The fraction of sp³-hybridized carbons (Fsp3) is 1.00. The molecule has 3 nitrogen and oxygen atoms in total. The summed E-state index contributed by atoms with van der Waals surface area (Å²) < 4.78 is 67.3. The Labute approximate surface area is 133 Å². The van der Waals surface area contributed by atoms with Crippen LogP contribution in [0.15, 0.2) is 0 Å². The molecule has 2 atom stereocenters. The van der Waals surface area contributed by atoms with Gasteiger partial charge in [-0.3, -0.25) is 0 Å². The first-order valence-corrected chi connectivity index (χ1v) is 11.1. The van der Waals surface area contributed by atoms with Gasteiger partial charge in [0, 0.05) is 0 Å². The standard InChI is InChI=1S/C14H29F3O3SSi/c1-9-12(6)22(11(4)5,13(7,8)10(2)3)20-21(18,19)14(15,16)17/h10-12H,9H2,1-8H3. The summed E-state index contributed by atoms with van der Waals surface area (Å²) in [4.78, 5) is 0. The highest BCUT2D eigenvalue weighted by molar-refractivity contribution is 7.88. The van der Waals surface area contributed by atoms with Gasteiger partial charge in [0.2, 0.25) is 8.32 Å². The van der Waals surface area contributed by atoms with E-state index in [-0.39, 0.29) is 17.0 Å². The van der Waals surface area contributed by atoms with Gasteiger partial charge in [0.25, 0.3) is 0 Å². The van der Waals surface area contributed by atoms with Crippen molar-refractivity contribution in [2.45, 2.75) is 83.4 Å². The smallest absolute Gasteiger partial charge is 0.307 e. The predicted molar refractivity (Wildman–Crippen MR) is 85.5 cm³/mol. The third kappa shape index (κ3) is 3.70. The maximum atomic E-state index is 12.9. The van der Waals surface area contributed by atoms with Crippen molar-refractivity contribution >= 4 is 18.4 Å². The van der Waals surface area contributed by atoms with E-state index in [9.17, 15) is 21.6 Å². The molecule has 0 fully saturated rings. The molecular formula is C14H29F3O3SSi. The van der Waals surface area contributed by atoms with Gasteiger partial charge in [0.05, 0.1) is 0 Å². The van der Waals surface area contributed by atoms with Crippen LogP contribution < -0.4 is 0 Å². The van der Waals surface area contributed by atoms with Gasteiger partial charge in [-0.05, 0) is 22.0 Å². The van der Waals surface area contributed by atoms with Crippen LogP contribution in [0.3, 0.4) is 0 Å². The van der Waals surface area contributed by atoms with Crippen LogP contribution >= 0.6 is 0 Å². The lowest BCUT2D eigenvalue weighted by Gasteiger charge is -2.51. The first-order valence-electron chi connectivity index (χ1n) is 7.59. The van der Waals surface area contributed by atoms with Crippen LogP contribution in [0.25, 0.3) is 0 Å². The van der Waals surface area contributed by atoms with Crippen LogP contribution in [0.2, 0.25) is 16.1 Å². The topological polar surface area (TPSA) is 43.4 Å². The molecule has 0 radical (unpaired) electrons. The van der Waals surface area contributed by atoms with Crippen molar-refractivity contribution in [2.75, 3.05) is 0 Å². The summed E-state index contributed by atoms with van der Waals surface area (Å²) in [6.45, 7) is 14.7. The van der Waals surface area contributed by atoms with Gasteiger partial charge >= 0.3 is 15.6 Å². The van der Waals surface area contributed by atoms with E-state index in [4.69, 9.17) is 3.87 Å². The molecule has 0 aliphatic heterocycles. The van der Waals surface area contributed by atoms with Crippen molar-refractivity contribution in [3.63, 3.8) is 0 Å². The molecule has 0 saturated carbocycles. The molecule has 0 heterocycles. The highest BCUT2D eigenvalue weighted by Crippen LogP contribution is 2.57. The average molecular weight is 363 g/mol. The van der Waals surface area contributed by atoms with E-state index in [0.29, 0.717) is 6.42 Å². The number of alkyl halides is 3. The second-order valence-electron chi connectivity index (χ2n) is 7.12. The van der Waals surface area contributed by atoms with E-state index in [1.807, 2.05) is 41.5 Å². The predicted octanol–water partition coefficient (Wildman–Crippen LogP) is 5.44. The second kappa shape index (κ2) is 6.81. The first-order chi connectivity index (χ1) is 9.58. The fourth-order valence-electron chi connectivity index (χ4n) is 3.22. The molecule has 0 bridgehead atoms. The molecule has 8 heteroatoms. The van der Waals surface area contributed by atoms with Crippen LogP contribution in [-0.2, 0) is 14.0 Å². The Morgan fingerprint density at radius 3 is 1.68 bits per heavy atom. The Bertz CT molecular complexity index is 472. The van der Waals surface area contributed by atoms with Crippen molar-refractivity contribution < 1.29 is 25.5 Å². The molecule has 0 spiro atoms. The van der Waals surface area contributed by atoms with Gasteiger partial charge in [-0.2, -0.15) is 21.6 Å². The minimum Gasteiger partial charge on any atom is -0.307 e. The number of rotatable bonds is 7. The second-order valence-corrected chi connectivity index (χ2v) is 14.2. The maximum Gasteiger partial charge on any atom is 0.522 e. The summed E-state index contributed by atoms with van der Waals surface area (Å²) in [5.41, 5.74) is -5.88. The van der Waals surface area contributed by atoms with Crippen LogP contribution in [-0.4, -0.2) is 22.2 Å². The monoisotopic (exact) mass is 362 g/mol. The van der Waals surface area contributed by atoms with Crippen molar-refractivity contribution in [3.8, 4) is 0 Å². The van der Waals surface area contributed by atoms with E-state index >= 15 is 0 Å². The van der Waals surface area contributed by atoms with Crippen molar-refractivity contribution in [3.05, 3.63) is 0 Å². The molecule has 0 aromatic heterocycles. The van der Waals surface area contributed by atoms with E-state index in [1.165, 1.54) is 0 Å². The lowest BCUT2D eigenvalue weighted by atomic mass is 9.99. The largest absolute Gasteiger partial charge is 0.522 e. The highest BCUT2D eigenvalue weighted by Gasteiger charge is 2.62. The third-order valence-electron chi connectivity index (χ3n) is 5.18. The molecule has 0 saturated heterocycles. The molecule has 0 rings (SSSR count). The van der Waals surface area contributed by atoms with Gasteiger partial charge in [-0.1, -0.05) is 61.8 Å². The van der Waals surface area contributed by atoms with Gasteiger partial charge in [-0.25, -0.2) is 0 Å². The number of halogens is 3. The van der Waals surface area contributed by atoms with Gasteiger partial charge in [0.15, 0.2) is 0 Å². The van der Waals surface area contributed by atoms with E-state index < -0.39 is 29.0 Å². The van der Waals surface area contributed by atoms with Crippen LogP contribution in [0, 0.1) is 5.92 Å². The molecular weight excluding hydrogens is 333 g/mol. The maximum absolute atomic E-state index is 12.9. The molecule has 0 aliphatic rings. The number of hydrogen-bond donors (Lipinski definition) is 0. The van der Waals surface area contributed by atoms with Crippen LogP contribution in [0.5, 0.6) is 0 Å².